The standard InChI is InChI=1S/C29H17FO7/c30-18-7-5-15(6-8-18)21-14-35-28-19(27(21)32)9-10-24-26(28)20(13-25(31)37-24)23-12-11-22(36-23)16-1-3-17(4-2-16)29(33)34/h1-12,14,20H,13H2,(H,33,34)/t20-/m0/s1. The van der Waals surface area contributed by atoms with Crippen molar-refractivity contribution in [2.45, 2.75) is 12.3 Å². The molecule has 0 bridgehead atoms. The molecule has 37 heavy (non-hydrogen) atoms. The maximum Gasteiger partial charge on any atom is 0.335 e. The Labute approximate surface area is 208 Å². The van der Waals surface area contributed by atoms with E-state index in [2.05, 4.69) is 0 Å². The molecule has 0 amide bonds. The van der Waals surface area contributed by atoms with Crippen LogP contribution in [0.4, 0.5) is 4.39 Å². The number of hydrogen-bond donors (Lipinski definition) is 1. The number of furan rings is 1. The summed E-state index contributed by atoms with van der Waals surface area (Å²) in [6.07, 6.45) is 1.30. The van der Waals surface area contributed by atoms with Crippen LogP contribution >= 0.6 is 0 Å². The highest BCUT2D eigenvalue weighted by molar-refractivity contribution is 5.90. The van der Waals surface area contributed by atoms with Crippen molar-refractivity contribution in [3.8, 4) is 28.2 Å². The lowest BCUT2D eigenvalue weighted by Gasteiger charge is -2.23. The minimum absolute atomic E-state index is 0.0273. The van der Waals surface area contributed by atoms with Crippen LogP contribution in [0.3, 0.4) is 0 Å². The van der Waals surface area contributed by atoms with Gasteiger partial charge in [0.1, 0.15) is 34.9 Å². The minimum atomic E-state index is -1.03. The summed E-state index contributed by atoms with van der Waals surface area (Å²) in [4.78, 5) is 36.9. The lowest BCUT2D eigenvalue weighted by atomic mass is 9.88. The van der Waals surface area contributed by atoms with Gasteiger partial charge in [-0.3, -0.25) is 9.59 Å². The molecule has 0 saturated carbocycles. The molecule has 1 aliphatic heterocycles. The molecule has 1 atom stereocenters. The molecule has 0 aliphatic carbocycles. The molecule has 8 heteroatoms. The van der Waals surface area contributed by atoms with Crippen molar-refractivity contribution in [2.75, 3.05) is 0 Å². The van der Waals surface area contributed by atoms with Gasteiger partial charge >= 0.3 is 11.9 Å². The highest BCUT2D eigenvalue weighted by Crippen LogP contribution is 2.44. The molecule has 182 valence electrons. The zero-order chi connectivity index (χ0) is 25.7. The van der Waals surface area contributed by atoms with Gasteiger partial charge in [-0.05, 0) is 54.1 Å². The number of hydrogen-bond acceptors (Lipinski definition) is 6. The van der Waals surface area contributed by atoms with E-state index in [9.17, 15) is 18.8 Å². The van der Waals surface area contributed by atoms with E-state index in [4.69, 9.17) is 18.7 Å². The number of esters is 1. The van der Waals surface area contributed by atoms with Crippen LogP contribution in [0, 0.1) is 5.82 Å². The third kappa shape index (κ3) is 3.88. The molecule has 1 N–H and O–H groups in total. The van der Waals surface area contributed by atoms with E-state index < -0.39 is 23.7 Å². The number of benzene rings is 3. The average Bonchev–Trinajstić information content (AvgIpc) is 3.39. The summed E-state index contributed by atoms with van der Waals surface area (Å²) in [5, 5.41) is 9.42. The van der Waals surface area contributed by atoms with Gasteiger partial charge in [-0.2, -0.15) is 0 Å². The fourth-order valence-electron chi connectivity index (χ4n) is 4.60. The van der Waals surface area contributed by atoms with Crippen LogP contribution in [0.1, 0.15) is 34.0 Å². The summed E-state index contributed by atoms with van der Waals surface area (Å²) in [5.74, 6) is -1.24. The summed E-state index contributed by atoms with van der Waals surface area (Å²) in [6.45, 7) is 0. The van der Waals surface area contributed by atoms with Crippen molar-refractivity contribution in [3.63, 3.8) is 0 Å². The van der Waals surface area contributed by atoms with Crippen LogP contribution in [0.25, 0.3) is 33.4 Å². The van der Waals surface area contributed by atoms with Crippen molar-refractivity contribution in [3.05, 3.63) is 112 Å². The first-order valence-electron chi connectivity index (χ1n) is 11.4. The SMILES string of the molecule is O=C1C[C@@H](c2ccc(-c3ccc(C(=O)O)cc3)o2)c2c(ccc3c(=O)c(-c4ccc(F)cc4)coc23)O1. The Bertz CT molecular complexity index is 1740. The summed E-state index contributed by atoms with van der Waals surface area (Å²) in [6, 6.07) is 18.4. The molecule has 3 aromatic carbocycles. The number of carboxylic acids is 1. The first-order chi connectivity index (χ1) is 17.9. The topological polar surface area (TPSA) is 107 Å². The van der Waals surface area contributed by atoms with Gasteiger partial charge in [0.15, 0.2) is 0 Å². The molecule has 6 rings (SSSR count). The van der Waals surface area contributed by atoms with Crippen LogP contribution < -0.4 is 10.2 Å². The maximum absolute atomic E-state index is 13.4. The molecule has 0 saturated heterocycles. The molecule has 0 spiro atoms. The number of halogens is 1. The third-order valence-corrected chi connectivity index (χ3v) is 6.42. The second kappa shape index (κ2) is 8.60. The normalized spacial score (nSPS) is 14.8. The predicted octanol–water partition coefficient (Wildman–Crippen LogP) is 6.00. The van der Waals surface area contributed by atoms with Crippen molar-refractivity contribution >= 4 is 22.9 Å². The van der Waals surface area contributed by atoms with Gasteiger partial charge in [-0.1, -0.05) is 24.3 Å². The number of carbonyl (C=O) groups is 2. The second-order valence-corrected chi connectivity index (χ2v) is 8.65. The van der Waals surface area contributed by atoms with Crippen LogP contribution in [0.2, 0.25) is 0 Å². The average molecular weight is 496 g/mol. The Kier molecular flexibility index (Phi) is 5.22. The minimum Gasteiger partial charge on any atom is -0.478 e. The summed E-state index contributed by atoms with van der Waals surface area (Å²) in [7, 11) is 0. The maximum atomic E-state index is 13.4. The quantitative estimate of drug-likeness (QED) is 0.240. The van der Waals surface area contributed by atoms with Crippen molar-refractivity contribution < 1.29 is 32.7 Å². The molecule has 3 heterocycles. The predicted molar refractivity (Wildman–Crippen MR) is 131 cm³/mol. The Morgan fingerprint density at radius 3 is 2.35 bits per heavy atom. The first-order valence-corrected chi connectivity index (χ1v) is 11.4. The van der Waals surface area contributed by atoms with Crippen LogP contribution in [0.15, 0.2) is 92.7 Å². The number of rotatable bonds is 4. The number of carbonyl (C=O) groups excluding carboxylic acids is 1. The largest absolute Gasteiger partial charge is 0.478 e. The Morgan fingerprint density at radius 2 is 1.62 bits per heavy atom. The Morgan fingerprint density at radius 1 is 0.892 bits per heavy atom. The van der Waals surface area contributed by atoms with E-state index in [1.165, 1.54) is 42.7 Å². The zero-order valence-corrected chi connectivity index (χ0v) is 19.1. The molecule has 5 aromatic rings. The number of carboxylic acid groups (broad SMARTS) is 1. The van der Waals surface area contributed by atoms with Gasteiger partial charge in [-0.25, -0.2) is 9.18 Å². The van der Waals surface area contributed by atoms with Crippen LogP contribution in [-0.4, -0.2) is 17.0 Å². The van der Waals surface area contributed by atoms with Crippen molar-refractivity contribution in [2.24, 2.45) is 0 Å². The lowest BCUT2D eigenvalue weighted by Crippen LogP contribution is -2.21. The van der Waals surface area contributed by atoms with Gasteiger partial charge in [0.25, 0.3) is 0 Å². The van der Waals surface area contributed by atoms with Crippen molar-refractivity contribution in [1.29, 1.82) is 0 Å². The van der Waals surface area contributed by atoms with Gasteiger partial charge in [0.2, 0.25) is 5.43 Å². The highest BCUT2D eigenvalue weighted by atomic mass is 19.1. The lowest BCUT2D eigenvalue weighted by molar-refractivity contribution is -0.135. The number of aromatic carboxylic acids is 1. The molecule has 2 aromatic heterocycles. The van der Waals surface area contributed by atoms with E-state index in [1.807, 2.05) is 0 Å². The van der Waals surface area contributed by atoms with Crippen LogP contribution in [-0.2, 0) is 4.79 Å². The summed E-state index contributed by atoms with van der Waals surface area (Å²) >= 11 is 0. The third-order valence-electron chi connectivity index (χ3n) is 6.42. The molecule has 0 fully saturated rings. The van der Waals surface area contributed by atoms with E-state index in [0.29, 0.717) is 33.6 Å². The van der Waals surface area contributed by atoms with E-state index in [-0.39, 0.29) is 34.3 Å². The number of ether oxygens (including phenoxy) is 1. The molecule has 1 aliphatic rings. The Hall–Kier alpha value is -4.98. The highest BCUT2D eigenvalue weighted by Gasteiger charge is 2.34. The summed E-state index contributed by atoms with van der Waals surface area (Å²) < 4.78 is 30.8. The Balaban J connectivity index is 1.45. The first kappa shape index (κ1) is 22.5. The van der Waals surface area contributed by atoms with Gasteiger partial charge in [0.05, 0.1) is 28.9 Å². The fraction of sp³-hybridized carbons (Fsp3) is 0.0690. The number of fused-ring (bicyclic) bond motifs is 3. The van der Waals surface area contributed by atoms with Crippen LogP contribution in [0.5, 0.6) is 5.75 Å². The molecule has 7 nitrogen and oxygen atoms in total. The van der Waals surface area contributed by atoms with Gasteiger partial charge in [0, 0.05) is 11.1 Å². The van der Waals surface area contributed by atoms with E-state index in [0.717, 1.165) is 0 Å². The zero-order valence-electron chi connectivity index (χ0n) is 19.1. The monoisotopic (exact) mass is 496 g/mol. The van der Waals surface area contributed by atoms with E-state index in [1.54, 1.807) is 36.4 Å². The van der Waals surface area contributed by atoms with Crippen molar-refractivity contribution in [1.82, 2.24) is 0 Å². The smallest absolute Gasteiger partial charge is 0.335 e. The fourth-order valence-corrected chi connectivity index (χ4v) is 4.60. The van der Waals surface area contributed by atoms with Gasteiger partial charge < -0.3 is 18.7 Å². The molecule has 0 radical (unpaired) electrons. The van der Waals surface area contributed by atoms with E-state index >= 15 is 0 Å². The molecular formula is C29H17FO7. The molecular weight excluding hydrogens is 479 g/mol. The van der Waals surface area contributed by atoms with Gasteiger partial charge in [-0.15, -0.1) is 0 Å². The summed E-state index contributed by atoms with van der Waals surface area (Å²) in [5.41, 5.74) is 2.11. The second-order valence-electron chi connectivity index (χ2n) is 8.65. The molecule has 0 unspecified atom stereocenters.